The molecule has 2 amide bonds. The third kappa shape index (κ3) is 2.45. The average Bonchev–Trinajstić information content (AvgIpc) is 2.28. The van der Waals surface area contributed by atoms with Gasteiger partial charge in [-0.2, -0.15) is 0 Å². The largest absolute Gasteiger partial charge is 0.344 e. The van der Waals surface area contributed by atoms with E-state index >= 15 is 0 Å². The summed E-state index contributed by atoms with van der Waals surface area (Å²) in [6.45, 7) is 3.14. The highest BCUT2D eigenvalue weighted by Crippen LogP contribution is 2.03. The molecule has 5 heteroatoms. The molecule has 80 valence electrons. The van der Waals surface area contributed by atoms with Crippen molar-refractivity contribution in [2.75, 3.05) is 26.7 Å². The van der Waals surface area contributed by atoms with Crippen LogP contribution in [0.1, 0.15) is 13.3 Å². The van der Waals surface area contributed by atoms with Crippen molar-refractivity contribution in [3.8, 4) is 0 Å². The molecule has 0 saturated carbocycles. The van der Waals surface area contributed by atoms with Crippen LogP contribution in [0.3, 0.4) is 0 Å². The summed E-state index contributed by atoms with van der Waals surface area (Å²) in [5.74, 6) is -0.162. The van der Waals surface area contributed by atoms with Gasteiger partial charge in [-0.05, 0) is 13.3 Å². The molecule has 0 spiro atoms. The molecule has 0 aromatic heterocycles. The monoisotopic (exact) mass is 199 g/mol. The smallest absolute Gasteiger partial charge is 0.241 e. The Balaban J connectivity index is 2.63. The van der Waals surface area contributed by atoms with E-state index in [1.165, 1.54) is 4.90 Å². The van der Waals surface area contributed by atoms with Gasteiger partial charge in [0.1, 0.15) is 0 Å². The summed E-state index contributed by atoms with van der Waals surface area (Å²) in [6.07, 6.45) is 0.820. The number of rotatable bonds is 1. The molecule has 2 N–H and O–H groups in total. The van der Waals surface area contributed by atoms with E-state index in [1.807, 2.05) is 0 Å². The topological polar surface area (TPSA) is 66.6 Å². The van der Waals surface area contributed by atoms with Gasteiger partial charge in [0.25, 0.3) is 0 Å². The standard InChI is InChI=1S/C9H17N3O2/c1-7(10)9(14)12-5-3-4-11(2)8(13)6-12/h7H,3-6,10H2,1-2H3/t7-/m1/s1. The molecular formula is C9H17N3O2. The van der Waals surface area contributed by atoms with Crippen molar-refractivity contribution in [2.45, 2.75) is 19.4 Å². The Morgan fingerprint density at radius 2 is 2.14 bits per heavy atom. The maximum atomic E-state index is 11.5. The van der Waals surface area contributed by atoms with Crippen molar-refractivity contribution >= 4 is 11.8 Å². The van der Waals surface area contributed by atoms with Gasteiger partial charge < -0.3 is 15.5 Å². The Bertz CT molecular complexity index is 240. The lowest BCUT2D eigenvalue weighted by Gasteiger charge is -2.21. The van der Waals surface area contributed by atoms with E-state index in [2.05, 4.69) is 0 Å². The van der Waals surface area contributed by atoms with Crippen LogP contribution in [0, 0.1) is 0 Å². The molecule has 5 nitrogen and oxygen atoms in total. The molecule has 14 heavy (non-hydrogen) atoms. The summed E-state index contributed by atoms with van der Waals surface area (Å²) >= 11 is 0. The van der Waals surface area contributed by atoms with Gasteiger partial charge in [0.2, 0.25) is 11.8 Å². The second-order valence-electron chi connectivity index (χ2n) is 3.72. The number of carbonyl (C=O) groups is 2. The Morgan fingerprint density at radius 1 is 1.50 bits per heavy atom. The van der Waals surface area contributed by atoms with Gasteiger partial charge in [0.15, 0.2) is 0 Å². The van der Waals surface area contributed by atoms with E-state index in [9.17, 15) is 9.59 Å². The molecule has 0 aromatic carbocycles. The first kappa shape index (κ1) is 11.0. The molecular weight excluding hydrogens is 182 g/mol. The third-order valence-electron chi connectivity index (χ3n) is 2.37. The number of carbonyl (C=O) groups excluding carboxylic acids is 2. The van der Waals surface area contributed by atoms with Crippen LogP contribution in [0.4, 0.5) is 0 Å². The highest BCUT2D eigenvalue weighted by atomic mass is 16.2. The highest BCUT2D eigenvalue weighted by molar-refractivity contribution is 5.87. The molecule has 1 heterocycles. The molecule has 0 unspecified atom stereocenters. The summed E-state index contributed by atoms with van der Waals surface area (Å²) in [6, 6.07) is -0.522. The van der Waals surface area contributed by atoms with E-state index in [-0.39, 0.29) is 18.4 Å². The molecule has 1 aliphatic heterocycles. The van der Waals surface area contributed by atoms with E-state index in [1.54, 1.807) is 18.9 Å². The minimum atomic E-state index is -0.522. The maximum Gasteiger partial charge on any atom is 0.241 e. The zero-order valence-corrected chi connectivity index (χ0v) is 8.69. The second kappa shape index (κ2) is 4.41. The predicted molar refractivity (Wildman–Crippen MR) is 52.5 cm³/mol. The molecule has 1 aliphatic rings. The van der Waals surface area contributed by atoms with Gasteiger partial charge in [0, 0.05) is 20.1 Å². The van der Waals surface area contributed by atoms with Gasteiger partial charge in [0.05, 0.1) is 12.6 Å². The lowest BCUT2D eigenvalue weighted by Crippen LogP contribution is -2.45. The Hall–Kier alpha value is -1.10. The summed E-state index contributed by atoms with van der Waals surface area (Å²) in [5.41, 5.74) is 5.48. The third-order valence-corrected chi connectivity index (χ3v) is 2.37. The first-order valence-corrected chi connectivity index (χ1v) is 4.80. The predicted octanol–water partition coefficient (Wildman–Crippen LogP) is -0.976. The van der Waals surface area contributed by atoms with Crippen molar-refractivity contribution < 1.29 is 9.59 Å². The highest BCUT2D eigenvalue weighted by Gasteiger charge is 2.24. The minimum Gasteiger partial charge on any atom is -0.344 e. The number of nitrogens with two attached hydrogens (primary N) is 1. The summed E-state index contributed by atoms with van der Waals surface area (Å²) < 4.78 is 0. The lowest BCUT2D eigenvalue weighted by atomic mass is 10.3. The molecule has 0 bridgehead atoms. The van der Waals surface area contributed by atoms with Crippen LogP contribution in [0.2, 0.25) is 0 Å². The molecule has 0 aliphatic carbocycles. The first-order chi connectivity index (χ1) is 6.52. The van der Waals surface area contributed by atoms with Crippen molar-refractivity contribution in [3.05, 3.63) is 0 Å². The Morgan fingerprint density at radius 3 is 2.71 bits per heavy atom. The van der Waals surface area contributed by atoms with Crippen molar-refractivity contribution in [1.29, 1.82) is 0 Å². The molecule has 0 aromatic rings. The van der Waals surface area contributed by atoms with Gasteiger partial charge in [-0.1, -0.05) is 0 Å². The maximum absolute atomic E-state index is 11.5. The number of hydrogen-bond donors (Lipinski definition) is 1. The fraction of sp³-hybridized carbons (Fsp3) is 0.778. The Labute approximate surface area is 83.8 Å². The van der Waals surface area contributed by atoms with Crippen LogP contribution >= 0.6 is 0 Å². The quantitative estimate of drug-likeness (QED) is 0.590. The zero-order valence-electron chi connectivity index (χ0n) is 8.69. The number of nitrogens with zero attached hydrogens (tertiary/aromatic N) is 2. The molecule has 1 atom stereocenters. The van der Waals surface area contributed by atoms with E-state index in [0.717, 1.165) is 6.42 Å². The van der Waals surface area contributed by atoms with Crippen LogP contribution in [-0.2, 0) is 9.59 Å². The average molecular weight is 199 g/mol. The summed E-state index contributed by atoms with van der Waals surface area (Å²) in [7, 11) is 1.75. The molecule has 1 rings (SSSR count). The van der Waals surface area contributed by atoms with Crippen molar-refractivity contribution in [3.63, 3.8) is 0 Å². The van der Waals surface area contributed by atoms with E-state index in [0.29, 0.717) is 13.1 Å². The lowest BCUT2D eigenvalue weighted by molar-refractivity contribution is -0.138. The summed E-state index contributed by atoms with van der Waals surface area (Å²) in [5, 5.41) is 0. The molecule has 1 saturated heterocycles. The fourth-order valence-electron chi connectivity index (χ4n) is 1.46. The van der Waals surface area contributed by atoms with Crippen LogP contribution in [-0.4, -0.2) is 54.3 Å². The summed E-state index contributed by atoms with van der Waals surface area (Å²) in [4.78, 5) is 26.2. The van der Waals surface area contributed by atoms with E-state index < -0.39 is 6.04 Å². The van der Waals surface area contributed by atoms with Crippen LogP contribution in [0.25, 0.3) is 0 Å². The van der Waals surface area contributed by atoms with Crippen LogP contribution in [0.15, 0.2) is 0 Å². The van der Waals surface area contributed by atoms with E-state index in [4.69, 9.17) is 5.73 Å². The number of amides is 2. The van der Waals surface area contributed by atoms with Gasteiger partial charge in [-0.25, -0.2) is 0 Å². The van der Waals surface area contributed by atoms with Crippen molar-refractivity contribution in [2.24, 2.45) is 5.73 Å². The number of hydrogen-bond acceptors (Lipinski definition) is 3. The SMILES string of the molecule is C[C@@H](N)C(=O)N1CCCN(C)C(=O)C1. The van der Waals surface area contributed by atoms with Gasteiger partial charge >= 0.3 is 0 Å². The van der Waals surface area contributed by atoms with Crippen LogP contribution in [0.5, 0.6) is 0 Å². The van der Waals surface area contributed by atoms with Crippen LogP contribution < -0.4 is 5.73 Å². The van der Waals surface area contributed by atoms with Gasteiger partial charge in [-0.15, -0.1) is 0 Å². The first-order valence-electron chi connectivity index (χ1n) is 4.80. The fourth-order valence-corrected chi connectivity index (χ4v) is 1.46. The van der Waals surface area contributed by atoms with Gasteiger partial charge in [-0.3, -0.25) is 9.59 Å². The molecule has 1 fully saturated rings. The zero-order chi connectivity index (χ0) is 10.7. The second-order valence-corrected chi connectivity index (χ2v) is 3.72. The Kier molecular flexibility index (Phi) is 3.46. The number of likely N-dealkylation sites (N-methyl/N-ethyl adjacent to an activating group) is 1. The molecule has 0 radical (unpaired) electrons. The minimum absolute atomic E-state index is 0.0171. The van der Waals surface area contributed by atoms with Crippen molar-refractivity contribution in [1.82, 2.24) is 9.80 Å². The normalized spacial score (nSPS) is 20.6.